The number of ether oxygens (including phenoxy) is 1. The van der Waals surface area contributed by atoms with Crippen molar-refractivity contribution < 1.29 is 24.5 Å². The van der Waals surface area contributed by atoms with Crippen molar-refractivity contribution in [2.45, 2.75) is 18.6 Å². The molecule has 0 aliphatic carbocycles. The number of carbonyl (C=O) groups excluding carboxylic acids is 1. The number of carbonyl (C=O) groups is 2. The lowest BCUT2D eigenvalue weighted by Gasteiger charge is -2.20. The van der Waals surface area contributed by atoms with Crippen LogP contribution in [-0.2, 0) is 9.53 Å². The van der Waals surface area contributed by atoms with Crippen LogP contribution in [0, 0.1) is 0 Å². The van der Waals surface area contributed by atoms with Gasteiger partial charge in [-0.25, -0.2) is 9.59 Å². The molecule has 2 unspecified atom stereocenters. The molecule has 6 heteroatoms. The third-order valence-electron chi connectivity index (χ3n) is 2.05. The average molecular weight is 189 g/mol. The van der Waals surface area contributed by atoms with E-state index in [0.717, 1.165) is 12.0 Å². The average Bonchev–Trinajstić information content (AvgIpc) is 2.46. The van der Waals surface area contributed by atoms with Crippen LogP contribution in [0.15, 0.2) is 0 Å². The van der Waals surface area contributed by atoms with E-state index in [4.69, 9.17) is 5.11 Å². The van der Waals surface area contributed by atoms with Gasteiger partial charge in [0.05, 0.1) is 13.2 Å². The number of esters is 1. The largest absolute Gasteiger partial charge is 0.467 e. The van der Waals surface area contributed by atoms with E-state index in [2.05, 4.69) is 4.74 Å². The lowest BCUT2D eigenvalue weighted by atomic mass is 10.2. The van der Waals surface area contributed by atoms with Gasteiger partial charge in [-0.2, -0.15) is 0 Å². The first-order valence-corrected chi connectivity index (χ1v) is 3.83. The Hall–Kier alpha value is -1.30. The molecule has 1 rings (SSSR count). The summed E-state index contributed by atoms with van der Waals surface area (Å²) in [7, 11) is 1.16. The molecule has 0 spiro atoms. The number of hydrogen-bond donors (Lipinski definition) is 2. The van der Waals surface area contributed by atoms with Gasteiger partial charge in [0, 0.05) is 6.54 Å². The molecule has 0 aromatic heterocycles. The number of rotatable bonds is 1. The van der Waals surface area contributed by atoms with E-state index in [1.54, 1.807) is 0 Å². The van der Waals surface area contributed by atoms with Crippen LogP contribution >= 0.6 is 0 Å². The predicted octanol–water partition coefficient (Wildman–Crippen LogP) is -0.727. The van der Waals surface area contributed by atoms with Crippen molar-refractivity contribution in [3.8, 4) is 0 Å². The monoisotopic (exact) mass is 189 g/mol. The van der Waals surface area contributed by atoms with Gasteiger partial charge in [0.2, 0.25) is 0 Å². The molecule has 0 radical (unpaired) electrons. The Bertz CT molecular complexity index is 229. The minimum Gasteiger partial charge on any atom is -0.467 e. The SMILES string of the molecule is COC(=O)C1C(O)CCN1C(=O)O. The van der Waals surface area contributed by atoms with Crippen molar-refractivity contribution in [2.24, 2.45) is 0 Å². The van der Waals surface area contributed by atoms with Gasteiger partial charge >= 0.3 is 12.1 Å². The minimum absolute atomic E-state index is 0.163. The van der Waals surface area contributed by atoms with E-state index < -0.39 is 24.2 Å². The highest BCUT2D eigenvalue weighted by Gasteiger charge is 2.41. The van der Waals surface area contributed by atoms with Gasteiger partial charge in [0.25, 0.3) is 0 Å². The maximum absolute atomic E-state index is 11.1. The second-order valence-corrected chi connectivity index (χ2v) is 2.80. The standard InChI is InChI=1S/C7H11NO5/c1-13-6(10)5-4(9)2-3-8(5)7(11)12/h4-5,9H,2-3H2,1H3,(H,11,12). The highest BCUT2D eigenvalue weighted by Crippen LogP contribution is 2.18. The normalized spacial score (nSPS) is 27.4. The molecule has 1 heterocycles. The maximum Gasteiger partial charge on any atom is 0.408 e. The van der Waals surface area contributed by atoms with Crippen LogP contribution in [0.2, 0.25) is 0 Å². The van der Waals surface area contributed by atoms with Gasteiger partial charge in [0.15, 0.2) is 6.04 Å². The van der Waals surface area contributed by atoms with Gasteiger partial charge in [0.1, 0.15) is 0 Å². The van der Waals surface area contributed by atoms with Crippen molar-refractivity contribution in [1.29, 1.82) is 0 Å². The summed E-state index contributed by atoms with van der Waals surface area (Å²) in [5.41, 5.74) is 0. The Balaban J connectivity index is 2.76. The number of likely N-dealkylation sites (tertiary alicyclic amines) is 1. The molecular weight excluding hydrogens is 178 g/mol. The predicted molar refractivity (Wildman–Crippen MR) is 41.2 cm³/mol. The molecule has 1 aliphatic rings. The van der Waals surface area contributed by atoms with Crippen LogP contribution in [0.3, 0.4) is 0 Å². The number of carboxylic acid groups (broad SMARTS) is 1. The van der Waals surface area contributed by atoms with E-state index in [1.807, 2.05) is 0 Å². The topological polar surface area (TPSA) is 87.1 Å². The van der Waals surface area contributed by atoms with Crippen LogP contribution in [0.25, 0.3) is 0 Å². The third kappa shape index (κ3) is 1.72. The Kier molecular flexibility index (Phi) is 2.72. The molecule has 2 atom stereocenters. The second kappa shape index (κ2) is 3.61. The fourth-order valence-electron chi connectivity index (χ4n) is 1.40. The summed E-state index contributed by atoms with van der Waals surface area (Å²) >= 11 is 0. The van der Waals surface area contributed by atoms with Gasteiger partial charge in [-0.15, -0.1) is 0 Å². The quantitative estimate of drug-likeness (QED) is 0.531. The molecule has 0 aromatic rings. The highest BCUT2D eigenvalue weighted by atomic mass is 16.5. The molecule has 0 saturated carbocycles. The summed E-state index contributed by atoms with van der Waals surface area (Å²) in [6.45, 7) is 0.163. The van der Waals surface area contributed by atoms with Crippen LogP contribution in [-0.4, -0.2) is 53.0 Å². The summed E-state index contributed by atoms with van der Waals surface area (Å²) in [6.07, 6.45) is -1.90. The Labute approximate surface area is 74.7 Å². The zero-order chi connectivity index (χ0) is 10.0. The second-order valence-electron chi connectivity index (χ2n) is 2.80. The van der Waals surface area contributed by atoms with Crippen LogP contribution in [0.1, 0.15) is 6.42 Å². The molecule has 0 bridgehead atoms. The Morgan fingerprint density at radius 2 is 2.15 bits per heavy atom. The number of methoxy groups -OCH3 is 1. The molecule has 1 fully saturated rings. The minimum atomic E-state index is -1.22. The summed E-state index contributed by atoms with van der Waals surface area (Å²) in [6, 6.07) is -1.07. The number of nitrogens with zero attached hydrogens (tertiary/aromatic N) is 1. The highest BCUT2D eigenvalue weighted by molar-refractivity contribution is 5.82. The molecular formula is C7H11NO5. The van der Waals surface area contributed by atoms with Crippen molar-refractivity contribution in [3.63, 3.8) is 0 Å². The fourth-order valence-corrected chi connectivity index (χ4v) is 1.40. The molecule has 1 amide bonds. The molecule has 2 N–H and O–H groups in total. The summed E-state index contributed by atoms with van der Waals surface area (Å²) < 4.78 is 4.38. The van der Waals surface area contributed by atoms with Gasteiger partial charge < -0.3 is 14.9 Å². The molecule has 0 aromatic carbocycles. The fraction of sp³-hybridized carbons (Fsp3) is 0.714. The molecule has 13 heavy (non-hydrogen) atoms. The summed E-state index contributed by atoms with van der Waals surface area (Å²) in [5.74, 6) is -0.715. The number of amides is 1. The molecule has 1 aliphatic heterocycles. The zero-order valence-electron chi connectivity index (χ0n) is 7.14. The van der Waals surface area contributed by atoms with Crippen molar-refractivity contribution in [1.82, 2.24) is 4.90 Å². The number of aliphatic hydroxyl groups is 1. The first-order chi connectivity index (χ1) is 6.07. The van der Waals surface area contributed by atoms with E-state index in [1.165, 1.54) is 0 Å². The summed E-state index contributed by atoms with van der Waals surface area (Å²) in [4.78, 5) is 22.5. The Morgan fingerprint density at radius 3 is 2.62 bits per heavy atom. The van der Waals surface area contributed by atoms with Gasteiger partial charge in [-0.1, -0.05) is 0 Å². The first kappa shape index (κ1) is 9.79. The first-order valence-electron chi connectivity index (χ1n) is 3.83. The van der Waals surface area contributed by atoms with Crippen LogP contribution in [0.5, 0.6) is 0 Å². The molecule has 6 nitrogen and oxygen atoms in total. The van der Waals surface area contributed by atoms with Crippen molar-refractivity contribution >= 4 is 12.1 Å². The summed E-state index contributed by atoms with van der Waals surface area (Å²) in [5, 5.41) is 18.0. The maximum atomic E-state index is 11.1. The van der Waals surface area contributed by atoms with Crippen molar-refractivity contribution in [2.75, 3.05) is 13.7 Å². The lowest BCUT2D eigenvalue weighted by molar-refractivity contribution is -0.148. The zero-order valence-corrected chi connectivity index (χ0v) is 7.14. The lowest BCUT2D eigenvalue weighted by Crippen LogP contribution is -2.45. The molecule has 74 valence electrons. The van der Waals surface area contributed by atoms with Crippen molar-refractivity contribution in [3.05, 3.63) is 0 Å². The van der Waals surface area contributed by atoms with Crippen LogP contribution in [0.4, 0.5) is 4.79 Å². The third-order valence-corrected chi connectivity index (χ3v) is 2.05. The van der Waals surface area contributed by atoms with Gasteiger partial charge in [-0.3, -0.25) is 4.90 Å². The number of hydrogen-bond acceptors (Lipinski definition) is 4. The van der Waals surface area contributed by atoms with Crippen LogP contribution < -0.4 is 0 Å². The molecule has 1 saturated heterocycles. The van der Waals surface area contributed by atoms with E-state index in [9.17, 15) is 14.7 Å². The smallest absolute Gasteiger partial charge is 0.408 e. The van der Waals surface area contributed by atoms with E-state index in [0.29, 0.717) is 0 Å². The van der Waals surface area contributed by atoms with E-state index in [-0.39, 0.29) is 13.0 Å². The number of aliphatic hydroxyl groups excluding tert-OH is 1. The van der Waals surface area contributed by atoms with E-state index >= 15 is 0 Å². The Morgan fingerprint density at radius 1 is 1.54 bits per heavy atom. The van der Waals surface area contributed by atoms with Gasteiger partial charge in [-0.05, 0) is 6.42 Å².